The van der Waals surface area contributed by atoms with Gasteiger partial charge in [0.25, 0.3) is 0 Å². The number of nitrogens with one attached hydrogen (secondary N) is 1. The largest absolute Gasteiger partial charge is 0.447 e. The Balaban J connectivity index is 0.000000241. The van der Waals surface area contributed by atoms with Crippen molar-refractivity contribution in [1.82, 2.24) is 5.32 Å². The van der Waals surface area contributed by atoms with Crippen molar-refractivity contribution >= 4 is 6.09 Å². The minimum atomic E-state index is -0.305. The fourth-order valence-electron chi connectivity index (χ4n) is 2.42. The molecule has 2 aromatic carbocycles. The number of carbonyl (C=O) groups is 1. The molecule has 2 atom stereocenters. The number of rotatable bonds is 5. The van der Waals surface area contributed by atoms with E-state index in [-0.39, 0.29) is 24.8 Å². The van der Waals surface area contributed by atoms with Gasteiger partial charge >= 0.3 is 6.09 Å². The van der Waals surface area contributed by atoms with Crippen LogP contribution in [0, 0.1) is 0 Å². The molecule has 142 valence electrons. The van der Waals surface area contributed by atoms with Crippen LogP contribution >= 0.6 is 0 Å². The van der Waals surface area contributed by atoms with E-state index in [4.69, 9.17) is 15.6 Å². The first-order chi connectivity index (χ1) is 12.7. The zero-order chi connectivity index (χ0) is 19.2. The molecule has 1 aliphatic rings. The van der Waals surface area contributed by atoms with Gasteiger partial charge in [-0.25, -0.2) is 4.79 Å². The molecule has 0 bridgehead atoms. The summed E-state index contributed by atoms with van der Waals surface area (Å²) in [5, 5.41) is 11.4. The van der Waals surface area contributed by atoms with E-state index in [1.807, 2.05) is 74.5 Å². The van der Waals surface area contributed by atoms with E-state index in [9.17, 15) is 4.79 Å². The Morgan fingerprint density at radius 2 is 1.62 bits per heavy atom. The van der Waals surface area contributed by atoms with Crippen molar-refractivity contribution in [2.24, 2.45) is 5.73 Å². The van der Waals surface area contributed by atoms with E-state index in [2.05, 4.69) is 5.32 Å². The van der Waals surface area contributed by atoms with Gasteiger partial charge in [-0.2, -0.15) is 0 Å². The summed E-state index contributed by atoms with van der Waals surface area (Å²) in [6.45, 7) is 4.53. The highest BCUT2D eigenvalue weighted by atomic mass is 16.6. The van der Waals surface area contributed by atoms with Crippen LogP contribution in [0.3, 0.4) is 0 Å². The number of aliphatic hydroxyl groups is 1. The molecule has 1 aliphatic heterocycles. The van der Waals surface area contributed by atoms with E-state index in [0.717, 1.165) is 12.8 Å². The first-order valence-electron chi connectivity index (χ1n) is 9.05. The van der Waals surface area contributed by atoms with Crippen molar-refractivity contribution in [3.05, 3.63) is 71.8 Å². The SMILES string of the molecule is CC.NC(CO)Cc1ccccc1.O=C1NC(Cc2ccccc2)CO1. The van der Waals surface area contributed by atoms with Gasteiger partial charge in [0.1, 0.15) is 6.61 Å². The predicted octanol–water partition coefficient (Wildman–Crippen LogP) is 2.91. The number of ether oxygens (including phenoxy) is 1. The van der Waals surface area contributed by atoms with Crippen molar-refractivity contribution < 1.29 is 14.6 Å². The number of carbonyl (C=O) groups excluding carboxylic acids is 1. The molecule has 2 unspecified atom stereocenters. The summed E-state index contributed by atoms with van der Waals surface area (Å²) in [6.07, 6.45) is 1.28. The van der Waals surface area contributed by atoms with E-state index in [0.29, 0.717) is 6.61 Å². The molecule has 3 rings (SSSR count). The molecule has 0 radical (unpaired) electrons. The van der Waals surface area contributed by atoms with Crippen LogP contribution in [-0.2, 0) is 17.6 Å². The number of hydrogen-bond acceptors (Lipinski definition) is 4. The van der Waals surface area contributed by atoms with E-state index in [1.165, 1.54) is 11.1 Å². The molecule has 1 saturated heterocycles. The molecule has 5 heteroatoms. The second-order valence-electron chi connectivity index (χ2n) is 5.76. The third kappa shape index (κ3) is 8.65. The third-order valence-corrected chi connectivity index (χ3v) is 3.64. The lowest BCUT2D eigenvalue weighted by Crippen LogP contribution is -2.28. The summed E-state index contributed by atoms with van der Waals surface area (Å²) in [5.41, 5.74) is 7.95. The smallest absolute Gasteiger partial charge is 0.407 e. The summed E-state index contributed by atoms with van der Waals surface area (Å²) in [5.74, 6) is 0. The molecule has 4 N–H and O–H groups in total. The highest BCUT2D eigenvalue weighted by Gasteiger charge is 2.21. The summed E-state index contributed by atoms with van der Waals surface area (Å²) in [4.78, 5) is 10.7. The molecule has 0 saturated carbocycles. The highest BCUT2D eigenvalue weighted by molar-refractivity contribution is 5.69. The fourth-order valence-corrected chi connectivity index (χ4v) is 2.42. The van der Waals surface area contributed by atoms with Gasteiger partial charge in [-0.3, -0.25) is 0 Å². The monoisotopic (exact) mass is 358 g/mol. The Morgan fingerprint density at radius 1 is 1.08 bits per heavy atom. The van der Waals surface area contributed by atoms with Gasteiger partial charge in [0.05, 0.1) is 12.6 Å². The van der Waals surface area contributed by atoms with Gasteiger partial charge in [0.15, 0.2) is 0 Å². The van der Waals surface area contributed by atoms with E-state index < -0.39 is 0 Å². The Morgan fingerprint density at radius 3 is 2.08 bits per heavy atom. The highest BCUT2D eigenvalue weighted by Crippen LogP contribution is 2.07. The topological polar surface area (TPSA) is 84.6 Å². The van der Waals surface area contributed by atoms with Crippen LogP contribution in [0.25, 0.3) is 0 Å². The van der Waals surface area contributed by atoms with Crippen LogP contribution in [0.1, 0.15) is 25.0 Å². The lowest BCUT2D eigenvalue weighted by atomic mass is 10.1. The van der Waals surface area contributed by atoms with Gasteiger partial charge < -0.3 is 20.9 Å². The quantitative estimate of drug-likeness (QED) is 0.767. The Labute approximate surface area is 156 Å². The van der Waals surface area contributed by atoms with Gasteiger partial charge in [0, 0.05) is 6.04 Å². The van der Waals surface area contributed by atoms with Crippen LogP contribution in [0.2, 0.25) is 0 Å². The molecule has 5 nitrogen and oxygen atoms in total. The summed E-state index contributed by atoms with van der Waals surface area (Å²) in [7, 11) is 0. The fraction of sp³-hybridized carbons (Fsp3) is 0.381. The van der Waals surface area contributed by atoms with Gasteiger partial charge in [-0.05, 0) is 24.0 Å². The Hall–Kier alpha value is -2.37. The number of amides is 1. The molecule has 1 heterocycles. The van der Waals surface area contributed by atoms with Crippen molar-refractivity contribution in [3.8, 4) is 0 Å². The number of nitrogens with two attached hydrogens (primary N) is 1. The lowest BCUT2D eigenvalue weighted by molar-refractivity contribution is 0.177. The van der Waals surface area contributed by atoms with Gasteiger partial charge in [0.2, 0.25) is 0 Å². The number of benzene rings is 2. The molecule has 2 aromatic rings. The van der Waals surface area contributed by atoms with Crippen LogP contribution in [0.15, 0.2) is 60.7 Å². The van der Waals surface area contributed by atoms with Crippen LogP contribution in [0.4, 0.5) is 4.79 Å². The van der Waals surface area contributed by atoms with Crippen molar-refractivity contribution in [2.75, 3.05) is 13.2 Å². The number of cyclic esters (lactones) is 1. The number of aliphatic hydroxyl groups excluding tert-OH is 1. The van der Waals surface area contributed by atoms with Crippen molar-refractivity contribution in [1.29, 1.82) is 0 Å². The second kappa shape index (κ2) is 12.9. The number of hydrogen-bond donors (Lipinski definition) is 3. The molecular formula is C21H30N2O3. The Bertz CT molecular complexity index is 605. The molecule has 0 spiro atoms. The second-order valence-corrected chi connectivity index (χ2v) is 5.76. The standard InChI is InChI=1S/C10H11NO2.C9H13NO.C2H6/c12-10-11-9(7-13-10)6-8-4-2-1-3-5-8;10-9(7-11)6-8-4-2-1-3-5-8;1-2/h1-5,9H,6-7H2,(H,11,12);1-5,9,11H,6-7,10H2;1-2H3. The normalized spacial score (nSPS) is 16.2. The summed E-state index contributed by atoms with van der Waals surface area (Å²) >= 11 is 0. The first-order valence-corrected chi connectivity index (χ1v) is 9.05. The third-order valence-electron chi connectivity index (χ3n) is 3.64. The van der Waals surface area contributed by atoms with Gasteiger partial charge in [-0.1, -0.05) is 74.5 Å². The van der Waals surface area contributed by atoms with Crippen molar-refractivity contribution in [3.63, 3.8) is 0 Å². The Kier molecular flexibility index (Phi) is 10.8. The van der Waals surface area contributed by atoms with E-state index in [1.54, 1.807) is 0 Å². The molecule has 1 amide bonds. The van der Waals surface area contributed by atoms with Crippen LogP contribution in [0.5, 0.6) is 0 Å². The molecular weight excluding hydrogens is 328 g/mol. The minimum Gasteiger partial charge on any atom is -0.447 e. The maximum atomic E-state index is 10.7. The maximum Gasteiger partial charge on any atom is 0.407 e. The molecule has 0 aromatic heterocycles. The minimum absolute atomic E-state index is 0.0505. The molecule has 0 aliphatic carbocycles. The number of alkyl carbamates (subject to hydrolysis) is 1. The van der Waals surface area contributed by atoms with E-state index >= 15 is 0 Å². The van der Waals surface area contributed by atoms with Gasteiger partial charge in [-0.15, -0.1) is 0 Å². The molecule has 26 heavy (non-hydrogen) atoms. The zero-order valence-electron chi connectivity index (χ0n) is 15.6. The van der Waals surface area contributed by atoms with Crippen LogP contribution < -0.4 is 11.1 Å². The maximum absolute atomic E-state index is 10.7. The lowest BCUT2D eigenvalue weighted by Gasteiger charge is -2.06. The predicted molar refractivity (Wildman–Crippen MR) is 105 cm³/mol. The average molecular weight is 358 g/mol. The molecule has 1 fully saturated rings. The first kappa shape index (κ1) is 21.7. The average Bonchev–Trinajstić information content (AvgIpc) is 3.10. The van der Waals surface area contributed by atoms with Crippen molar-refractivity contribution in [2.45, 2.75) is 38.8 Å². The summed E-state index contributed by atoms with van der Waals surface area (Å²) in [6, 6.07) is 20.0. The van der Waals surface area contributed by atoms with Crippen LogP contribution in [-0.4, -0.2) is 36.5 Å². The summed E-state index contributed by atoms with van der Waals surface area (Å²) < 4.78 is 4.79. The zero-order valence-corrected chi connectivity index (χ0v) is 15.6.